The van der Waals surface area contributed by atoms with Crippen LogP contribution >= 0.6 is 23.5 Å². The maximum absolute atomic E-state index is 2.34. The molecule has 1 aromatic rings. The molecule has 2 heteroatoms. The van der Waals surface area contributed by atoms with E-state index < -0.39 is 0 Å². The van der Waals surface area contributed by atoms with Crippen molar-refractivity contribution in [3.8, 4) is 0 Å². The summed E-state index contributed by atoms with van der Waals surface area (Å²) in [7, 11) is 0. The van der Waals surface area contributed by atoms with Crippen molar-refractivity contribution in [2.75, 3.05) is 5.75 Å². The molecule has 118 valence electrons. The number of thioether (sulfide) groups is 2. The second-order valence-corrected chi connectivity index (χ2v) is 9.89. The molecule has 1 aliphatic rings. The van der Waals surface area contributed by atoms with Gasteiger partial charge in [-0.2, -0.15) is 11.8 Å². The zero-order chi connectivity index (χ0) is 15.3. The molecule has 0 spiro atoms. The van der Waals surface area contributed by atoms with Crippen LogP contribution in [0.4, 0.5) is 0 Å². The maximum Gasteiger partial charge on any atom is 0.0213 e. The van der Waals surface area contributed by atoms with Gasteiger partial charge in [0.15, 0.2) is 0 Å². The molecule has 1 aliphatic carbocycles. The smallest absolute Gasteiger partial charge is 0.0213 e. The van der Waals surface area contributed by atoms with Crippen LogP contribution in [0.5, 0.6) is 0 Å². The van der Waals surface area contributed by atoms with E-state index in [-0.39, 0.29) is 5.41 Å². The first-order chi connectivity index (χ1) is 10.0. The van der Waals surface area contributed by atoms with Gasteiger partial charge < -0.3 is 0 Å². The van der Waals surface area contributed by atoms with E-state index in [0.717, 1.165) is 10.5 Å². The Hall–Kier alpha value is -0.0800. The van der Waals surface area contributed by atoms with Crippen molar-refractivity contribution in [3.05, 3.63) is 29.8 Å². The molecule has 0 nitrogen and oxygen atoms in total. The summed E-state index contributed by atoms with van der Waals surface area (Å²) in [5.74, 6) is 1.25. The van der Waals surface area contributed by atoms with Crippen LogP contribution in [0, 0.1) is 0 Å². The van der Waals surface area contributed by atoms with Gasteiger partial charge in [0, 0.05) is 15.4 Å². The van der Waals surface area contributed by atoms with Gasteiger partial charge in [-0.15, -0.1) is 11.8 Å². The molecular weight excluding hydrogens is 292 g/mol. The molecule has 0 aliphatic heterocycles. The van der Waals surface area contributed by atoms with Gasteiger partial charge in [0.25, 0.3) is 0 Å². The minimum absolute atomic E-state index is 0.256. The third kappa shape index (κ3) is 5.25. The third-order valence-electron chi connectivity index (χ3n) is 4.28. The molecule has 1 aromatic carbocycles. The SMILES string of the molecule is CCS[C@H]1CCCCC[C@@H]1Sc1ccc(C(C)(C)C)cc1. The van der Waals surface area contributed by atoms with Gasteiger partial charge >= 0.3 is 0 Å². The van der Waals surface area contributed by atoms with E-state index in [0.29, 0.717) is 0 Å². The first-order valence-electron chi connectivity index (χ1n) is 8.39. The molecule has 0 saturated heterocycles. The van der Waals surface area contributed by atoms with Crippen LogP contribution in [-0.2, 0) is 5.41 Å². The summed E-state index contributed by atoms with van der Waals surface area (Å²) in [6, 6.07) is 9.32. The highest BCUT2D eigenvalue weighted by molar-refractivity contribution is 8.03. The highest BCUT2D eigenvalue weighted by atomic mass is 32.2. The molecule has 0 heterocycles. The largest absolute Gasteiger partial charge is 0.158 e. The van der Waals surface area contributed by atoms with Crippen LogP contribution in [0.25, 0.3) is 0 Å². The maximum atomic E-state index is 2.34. The standard InChI is InChI=1S/C19H30S2/c1-5-20-17-9-7-6-8-10-18(17)21-16-13-11-15(12-14-16)19(2,3)4/h11-14,17-18H,5-10H2,1-4H3/t17-,18-/m0/s1. The van der Waals surface area contributed by atoms with E-state index >= 15 is 0 Å². The molecule has 0 aromatic heterocycles. The van der Waals surface area contributed by atoms with Crippen molar-refractivity contribution in [2.24, 2.45) is 0 Å². The van der Waals surface area contributed by atoms with Crippen molar-refractivity contribution < 1.29 is 0 Å². The number of hydrogen-bond donors (Lipinski definition) is 0. The summed E-state index contributed by atoms with van der Waals surface area (Å²) in [5, 5.41) is 1.66. The van der Waals surface area contributed by atoms with E-state index in [1.807, 2.05) is 0 Å². The quantitative estimate of drug-likeness (QED) is 0.578. The third-order valence-corrected chi connectivity index (χ3v) is 7.19. The lowest BCUT2D eigenvalue weighted by atomic mass is 9.87. The topological polar surface area (TPSA) is 0 Å². The molecule has 0 N–H and O–H groups in total. The van der Waals surface area contributed by atoms with Gasteiger partial charge in [0.05, 0.1) is 0 Å². The Labute approximate surface area is 139 Å². The van der Waals surface area contributed by atoms with Gasteiger partial charge in [-0.3, -0.25) is 0 Å². The van der Waals surface area contributed by atoms with Crippen molar-refractivity contribution in [1.29, 1.82) is 0 Å². The van der Waals surface area contributed by atoms with Crippen molar-refractivity contribution >= 4 is 23.5 Å². The molecule has 1 saturated carbocycles. The Balaban J connectivity index is 2.04. The van der Waals surface area contributed by atoms with E-state index in [1.165, 1.54) is 48.3 Å². The van der Waals surface area contributed by atoms with Gasteiger partial charge in [-0.25, -0.2) is 0 Å². The lowest BCUT2D eigenvalue weighted by molar-refractivity contribution is 0.589. The normalized spacial score (nSPS) is 23.8. The first-order valence-corrected chi connectivity index (χ1v) is 10.3. The molecule has 1 fully saturated rings. The van der Waals surface area contributed by atoms with E-state index in [4.69, 9.17) is 0 Å². The Bertz CT molecular complexity index is 416. The number of hydrogen-bond acceptors (Lipinski definition) is 2. The predicted octanol–water partition coefficient (Wildman–Crippen LogP) is 6.53. The monoisotopic (exact) mass is 322 g/mol. The first kappa shape index (κ1) is 17.3. The lowest BCUT2D eigenvalue weighted by Crippen LogP contribution is -2.18. The molecule has 21 heavy (non-hydrogen) atoms. The second kappa shape index (κ2) is 7.97. The molecular formula is C19H30S2. The van der Waals surface area contributed by atoms with Crippen LogP contribution in [0.3, 0.4) is 0 Å². The van der Waals surface area contributed by atoms with E-state index in [2.05, 4.69) is 75.5 Å². The summed E-state index contributed by atoms with van der Waals surface area (Å²) < 4.78 is 0. The highest BCUT2D eigenvalue weighted by Gasteiger charge is 2.24. The fourth-order valence-corrected chi connectivity index (χ4v) is 5.72. The molecule has 0 bridgehead atoms. The minimum Gasteiger partial charge on any atom is -0.158 e. The Kier molecular flexibility index (Phi) is 6.55. The Morgan fingerprint density at radius 2 is 1.57 bits per heavy atom. The fraction of sp³-hybridized carbons (Fsp3) is 0.684. The number of rotatable bonds is 4. The molecule has 0 unspecified atom stereocenters. The minimum atomic E-state index is 0.256. The molecule has 2 atom stereocenters. The molecule has 0 amide bonds. The summed E-state index contributed by atoms with van der Waals surface area (Å²) in [5.41, 5.74) is 1.69. The van der Waals surface area contributed by atoms with Crippen molar-refractivity contribution in [2.45, 2.75) is 80.6 Å². The zero-order valence-electron chi connectivity index (χ0n) is 14.0. The number of benzene rings is 1. The molecule has 0 radical (unpaired) electrons. The van der Waals surface area contributed by atoms with Crippen LogP contribution < -0.4 is 0 Å². The lowest BCUT2D eigenvalue weighted by Gasteiger charge is -2.24. The van der Waals surface area contributed by atoms with Crippen LogP contribution in [0.1, 0.15) is 65.4 Å². The van der Waals surface area contributed by atoms with Gasteiger partial charge in [-0.1, -0.05) is 59.1 Å². The Morgan fingerprint density at radius 1 is 0.952 bits per heavy atom. The predicted molar refractivity (Wildman–Crippen MR) is 99.8 cm³/mol. The zero-order valence-corrected chi connectivity index (χ0v) is 15.7. The average molecular weight is 323 g/mol. The summed E-state index contributed by atoms with van der Waals surface area (Å²) in [6.45, 7) is 9.16. The van der Waals surface area contributed by atoms with E-state index in [9.17, 15) is 0 Å². The second-order valence-electron chi connectivity index (χ2n) is 7.06. The van der Waals surface area contributed by atoms with Gasteiger partial charge in [0.2, 0.25) is 0 Å². The summed E-state index contributed by atoms with van der Waals surface area (Å²) in [6.07, 6.45) is 7.08. The highest BCUT2D eigenvalue weighted by Crippen LogP contribution is 2.39. The van der Waals surface area contributed by atoms with E-state index in [1.54, 1.807) is 0 Å². The molecule has 2 rings (SSSR count). The van der Waals surface area contributed by atoms with Crippen LogP contribution in [0.2, 0.25) is 0 Å². The summed E-state index contributed by atoms with van der Waals surface area (Å²) >= 11 is 4.30. The van der Waals surface area contributed by atoms with Crippen molar-refractivity contribution in [1.82, 2.24) is 0 Å². The van der Waals surface area contributed by atoms with Gasteiger partial charge in [0.1, 0.15) is 0 Å². The van der Waals surface area contributed by atoms with Crippen molar-refractivity contribution in [3.63, 3.8) is 0 Å². The van der Waals surface area contributed by atoms with Crippen LogP contribution in [0.15, 0.2) is 29.2 Å². The summed E-state index contributed by atoms with van der Waals surface area (Å²) in [4.78, 5) is 1.46. The fourth-order valence-electron chi connectivity index (χ4n) is 2.99. The van der Waals surface area contributed by atoms with Crippen LogP contribution in [-0.4, -0.2) is 16.3 Å². The average Bonchev–Trinajstić information content (AvgIpc) is 2.65. The Morgan fingerprint density at radius 3 is 2.14 bits per heavy atom. The van der Waals surface area contributed by atoms with Gasteiger partial charge in [-0.05, 0) is 41.7 Å².